The third-order valence-electron chi connectivity index (χ3n) is 4.05. The molecule has 2 heterocycles. The van der Waals surface area contributed by atoms with E-state index in [-0.39, 0.29) is 6.04 Å². The molecule has 0 fully saturated rings. The van der Waals surface area contributed by atoms with Gasteiger partial charge in [0.25, 0.3) is 0 Å². The van der Waals surface area contributed by atoms with Gasteiger partial charge in [-0.05, 0) is 35.9 Å². The number of ether oxygens (including phenoxy) is 2. The van der Waals surface area contributed by atoms with Crippen LogP contribution in [-0.2, 0) is 0 Å². The lowest BCUT2D eigenvalue weighted by molar-refractivity contribution is 0.0750. The molecule has 2 aromatic rings. The lowest BCUT2D eigenvalue weighted by atomic mass is 9.97. The van der Waals surface area contributed by atoms with Gasteiger partial charge in [-0.2, -0.15) is 5.10 Å². The van der Waals surface area contributed by atoms with Crippen molar-refractivity contribution < 1.29 is 9.47 Å². The van der Waals surface area contributed by atoms with Crippen LogP contribution in [0.15, 0.2) is 53.6 Å². The molecule has 4 heteroatoms. The highest BCUT2D eigenvalue weighted by Crippen LogP contribution is 2.40. The molecule has 1 atom stereocenters. The number of hydrogen-bond acceptors (Lipinski definition) is 4. The Kier molecular flexibility index (Phi) is 2.81. The van der Waals surface area contributed by atoms with Crippen LogP contribution in [0.4, 0.5) is 0 Å². The van der Waals surface area contributed by atoms with E-state index in [1.165, 1.54) is 5.56 Å². The number of fused-ring (bicyclic) bond motifs is 3. The fraction of sp³-hybridized carbons (Fsp3) is 0.235. The van der Waals surface area contributed by atoms with Gasteiger partial charge < -0.3 is 9.47 Å². The van der Waals surface area contributed by atoms with E-state index in [2.05, 4.69) is 24.3 Å². The third kappa shape index (κ3) is 2.03. The SMILES string of the molecule is COc1ccc(C2=NN3COc4ccccc4C3C2)cc1. The molecule has 1 unspecified atom stereocenters. The Hall–Kier alpha value is -2.49. The molecule has 0 radical (unpaired) electrons. The fourth-order valence-electron chi connectivity index (χ4n) is 2.93. The van der Waals surface area contributed by atoms with Crippen molar-refractivity contribution in [3.63, 3.8) is 0 Å². The monoisotopic (exact) mass is 280 g/mol. The summed E-state index contributed by atoms with van der Waals surface area (Å²) in [7, 11) is 1.68. The van der Waals surface area contributed by atoms with Crippen molar-refractivity contribution in [2.75, 3.05) is 13.8 Å². The molecular formula is C17H16N2O2. The summed E-state index contributed by atoms with van der Waals surface area (Å²) in [6.45, 7) is 0.515. The summed E-state index contributed by atoms with van der Waals surface area (Å²) in [5, 5.41) is 6.75. The molecule has 21 heavy (non-hydrogen) atoms. The number of nitrogens with zero attached hydrogens (tertiary/aromatic N) is 2. The zero-order valence-corrected chi connectivity index (χ0v) is 11.8. The lowest BCUT2D eigenvalue weighted by Crippen LogP contribution is -2.29. The average molecular weight is 280 g/mol. The largest absolute Gasteiger partial charge is 0.497 e. The van der Waals surface area contributed by atoms with E-state index in [4.69, 9.17) is 14.6 Å². The van der Waals surface area contributed by atoms with Crippen LogP contribution >= 0.6 is 0 Å². The molecule has 2 aliphatic rings. The minimum absolute atomic E-state index is 0.284. The van der Waals surface area contributed by atoms with Crippen LogP contribution in [0.1, 0.15) is 23.6 Å². The first-order valence-corrected chi connectivity index (χ1v) is 7.05. The maximum absolute atomic E-state index is 5.76. The molecule has 0 bridgehead atoms. The Morgan fingerprint density at radius 2 is 1.95 bits per heavy atom. The van der Waals surface area contributed by atoms with Gasteiger partial charge in [0.1, 0.15) is 11.5 Å². The minimum Gasteiger partial charge on any atom is -0.497 e. The van der Waals surface area contributed by atoms with Crippen molar-refractivity contribution in [1.82, 2.24) is 5.01 Å². The molecule has 4 rings (SSSR count). The van der Waals surface area contributed by atoms with Crippen LogP contribution in [0.25, 0.3) is 0 Å². The Morgan fingerprint density at radius 1 is 1.14 bits per heavy atom. The lowest BCUT2D eigenvalue weighted by Gasteiger charge is -2.30. The van der Waals surface area contributed by atoms with E-state index in [1.54, 1.807) is 7.11 Å². The summed E-state index contributed by atoms with van der Waals surface area (Å²) in [4.78, 5) is 0. The van der Waals surface area contributed by atoms with Gasteiger partial charge in [0, 0.05) is 12.0 Å². The molecule has 0 N–H and O–H groups in total. The number of hydrazone groups is 1. The van der Waals surface area contributed by atoms with Crippen LogP contribution in [0.5, 0.6) is 11.5 Å². The van der Waals surface area contributed by atoms with Crippen molar-refractivity contribution >= 4 is 5.71 Å². The molecule has 4 nitrogen and oxygen atoms in total. The van der Waals surface area contributed by atoms with E-state index >= 15 is 0 Å². The Labute approximate surface area is 123 Å². The van der Waals surface area contributed by atoms with Crippen LogP contribution in [-0.4, -0.2) is 24.6 Å². The number of para-hydroxylation sites is 1. The predicted octanol–water partition coefficient (Wildman–Crippen LogP) is 3.20. The predicted molar refractivity (Wildman–Crippen MR) is 80.7 cm³/mol. The van der Waals surface area contributed by atoms with E-state index < -0.39 is 0 Å². The molecule has 2 aliphatic heterocycles. The van der Waals surface area contributed by atoms with Crippen LogP contribution in [0.3, 0.4) is 0 Å². The topological polar surface area (TPSA) is 34.1 Å². The Bertz CT molecular complexity index is 694. The van der Waals surface area contributed by atoms with Crippen molar-refractivity contribution in [2.24, 2.45) is 5.10 Å². The first-order valence-electron chi connectivity index (χ1n) is 7.05. The molecule has 0 saturated carbocycles. The van der Waals surface area contributed by atoms with Crippen LogP contribution in [0, 0.1) is 0 Å². The maximum atomic E-state index is 5.76. The zero-order valence-electron chi connectivity index (χ0n) is 11.8. The van der Waals surface area contributed by atoms with E-state index in [0.717, 1.165) is 29.2 Å². The minimum atomic E-state index is 0.284. The second kappa shape index (κ2) is 4.81. The molecule has 0 saturated heterocycles. The summed E-state index contributed by atoms with van der Waals surface area (Å²) in [5.74, 6) is 1.84. The number of rotatable bonds is 2. The van der Waals surface area contributed by atoms with Gasteiger partial charge in [-0.3, -0.25) is 5.01 Å². The molecule has 0 aromatic heterocycles. The van der Waals surface area contributed by atoms with E-state index in [0.29, 0.717) is 6.73 Å². The highest BCUT2D eigenvalue weighted by atomic mass is 16.5. The van der Waals surface area contributed by atoms with Crippen molar-refractivity contribution in [3.05, 3.63) is 59.7 Å². The van der Waals surface area contributed by atoms with Crippen molar-refractivity contribution in [3.8, 4) is 11.5 Å². The van der Waals surface area contributed by atoms with Gasteiger partial charge in [0.2, 0.25) is 0 Å². The van der Waals surface area contributed by atoms with Gasteiger partial charge in [-0.25, -0.2) is 0 Å². The Morgan fingerprint density at radius 3 is 2.76 bits per heavy atom. The van der Waals surface area contributed by atoms with Crippen LogP contribution < -0.4 is 9.47 Å². The Balaban J connectivity index is 1.63. The molecular weight excluding hydrogens is 264 g/mol. The summed E-state index contributed by atoms with van der Waals surface area (Å²) in [6, 6.07) is 16.6. The van der Waals surface area contributed by atoms with Crippen molar-refractivity contribution in [2.45, 2.75) is 12.5 Å². The van der Waals surface area contributed by atoms with Crippen LogP contribution in [0.2, 0.25) is 0 Å². The first-order chi connectivity index (χ1) is 10.3. The smallest absolute Gasteiger partial charge is 0.177 e. The fourth-order valence-corrected chi connectivity index (χ4v) is 2.93. The number of benzene rings is 2. The second-order valence-corrected chi connectivity index (χ2v) is 5.25. The summed E-state index contributed by atoms with van der Waals surface area (Å²) >= 11 is 0. The summed E-state index contributed by atoms with van der Waals surface area (Å²) in [5.41, 5.74) is 3.46. The first kappa shape index (κ1) is 12.3. The van der Waals surface area contributed by atoms with Gasteiger partial charge in [0.05, 0.1) is 18.9 Å². The maximum Gasteiger partial charge on any atom is 0.177 e. The van der Waals surface area contributed by atoms with Gasteiger partial charge in [-0.15, -0.1) is 0 Å². The van der Waals surface area contributed by atoms with Gasteiger partial charge in [-0.1, -0.05) is 18.2 Å². The highest BCUT2D eigenvalue weighted by molar-refractivity contribution is 6.02. The van der Waals surface area contributed by atoms with E-state index in [1.807, 2.05) is 29.3 Å². The molecule has 2 aromatic carbocycles. The third-order valence-corrected chi connectivity index (χ3v) is 4.05. The molecule has 0 spiro atoms. The van der Waals surface area contributed by atoms with Gasteiger partial charge in [0.15, 0.2) is 6.73 Å². The number of methoxy groups -OCH3 is 1. The number of hydrogen-bond donors (Lipinski definition) is 0. The quantitative estimate of drug-likeness (QED) is 0.847. The summed E-state index contributed by atoms with van der Waals surface area (Å²) < 4.78 is 11.0. The van der Waals surface area contributed by atoms with E-state index in [9.17, 15) is 0 Å². The second-order valence-electron chi connectivity index (χ2n) is 5.25. The normalized spacial score (nSPS) is 19.4. The zero-order chi connectivity index (χ0) is 14.2. The van der Waals surface area contributed by atoms with Gasteiger partial charge >= 0.3 is 0 Å². The summed E-state index contributed by atoms with van der Waals surface area (Å²) in [6.07, 6.45) is 0.909. The molecule has 0 amide bonds. The standard InChI is InChI=1S/C17H16N2O2/c1-20-13-8-6-12(7-9-13)15-10-16-14-4-2-3-5-17(14)21-11-19(16)18-15/h2-9,16H,10-11H2,1H3. The molecule has 0 aliphatic carbocycles. The molecule has 106 valence electrons. The average Bonchev–Trinajstić information content (AvgIpc) is 2.99. The van der Waals surface area contributed by atoms with Crippen molar-refractivity contribution in [1.29, 1.82) is 0 Å². The highest BCUT2D eigenvalue weighted by Gasteiger charge is 2.33.